The summed E-state index contributed by atoms with van der Waals surface area (Å²) in [5.41, 5.74) is 1.53. The zero-order valence-electron chi connectivity index (χ0n) is 16.9. The summed E-state index contributed by atoms with van der Waals surface area (Å²) < 4.78 is 39.9. The van der Waals surface area contributed by atoms with Gasteiger partial charge in [-0.25, -0.2) is 4.68 Å². The third kappa shape index (κ3) is 4.96. The molecule has 0 N–H and O–H groups in total. The van der Waals surface area contributed by atoms with E-state index >= 15 is 0 Å². The van der Waals surface area contributed by atoms with Crippen LogP contribution in [0.1, 0.15) is 27.9 Å². The molecule has 0 unspecified atom stereocenters. The van der Waals surface area contributed by atoms with Crippen molar-refractivity contribution in [3.63, 3.8) is 0 Å². The molecule has 5 nitrogen and oxygen atoms in total. The Hall–Kier alpha value is -3.13. The summed E-state index contributed by atoms with van der Waals surface area (Å²) in [5.74, 6) is -0.0394. The Bertz CT molecular complexity index is 1020. The molecule has 2 aromatic carbocycles. The molecule has 0 atom stereocenters. The predicted octanol–water partition coefficient (Wildman–Crippen LogP) is 4.24. The highest BCUT2D eigenvalue weighted by molar-refractivity contribution is 5.97. The average Bonchev–Trinajstić information content (AvgIpc) is 3.20. The normalized spacial score (nSPS) is 15.6. The lowest BCUT2D eigenvalue weighted by Crippen LogP contribution is -2.35. The second-order valence-corrected chi connectivity index (χ2v) is 7.58. The van der Waals surface area contributed by atoms with Crippen LogP contribution in [0.2, 0.25) is 0 Å². The van der Waals surface area contributed by atoms with Crippen molar-refractivity contribution in [1.29, 1.82) is 0 Å². The fourth-order valence-electron chi connectivity index (χ4n) is 3.83. The van der Waals surface area contributed by atoms with Gasteiger partial charge in [0.25, 0.3) is 5.91 Å². The minimum atomic E-state index is -4.32. The molecule has 3 aromatic rings. The minimum absolute atomic E-state index is 0.0394. The van der Waals surface area contributed by atoms with Crippen LogP contribution in [0.5, 0.6) is 0 Å². The Balaban J connectivity index is 1.41. The van der Waals surface area contributed by atoms with Gasteiger partial charge in [0.1, 0.15) is 0 Å². The van der Waals surface area contributed by atoms with Crippen LogP contribution in [-0.2, 0) is 12.7 Å². The number of benzene rings is 2. The third-order valence-corrected chi connectivity index (χ3v) is 5.45. The topological polar surface area (TPSA) is 41.4 Å². The van der Waals surface area contributed by atoms with Crippen molar-refractivity contribution in [3.8, 4) is 5.69 Å². The number of carbonyl (C=O) groups excluding carboxylic acids is 1. The number of halogens is 3. The maximum atomic E-state index is 13.2. The average molecular weight is 428 g/mol. The summed E-state index contributed by atoms with van der Waals surface area (Å²) in [7, 11) is 0. The zero-order valence-corrected chi connectivity index (χ0v) is 16.9. The molecule has 0 saturated carbocycles. The first-order valence-corrected chi connectivity index (χ1v) is 10.2. The van der Waals surface area contributed by atoms with Gasteiger partial charge in [-0.1, -0.05) is 24.3 Å². The van der Waals surface area contributed by atoms with Crippen LogP contribution in [0.4, 0.5) is 13.2 Å². The first-order chi connectivity index (χ1) is 14.9. The molecule has 2 heterocycles. The Morgan fingerprint density at radius 1 is 0.935 bits per heavy atom. The van der Waals surface area contributed by atoms with E-state index in [-0.39, 0.29) is 5.91 Å². The van der Waals surface area contributed by atoms with Gasteiger partial charge >= 0.3 is 6.18 Å². The van der Waals surface area contributed by atoms with Gasteiger partial charge in [-0.05, 0) is 42.3 Å². The largest absolute Gasteiger partial charge is 0.416 e. The Morgan fingerprint density at radius 3 is 2.42 bits per heavy atom. The highest BCUT2D eigenvalue weighted by atomic mass is 19.4. The van der Waals surface area contributed by atoms with E-state index in [2.05, 4.69) is 10.00 Å². The van der Waals surface area contributed by atoms with Gasteiger partial charge in [-0.2, -0.15) is 18.3 Å². The maximum absolute atomic E-state index is 13.2. The van der Waals surface area contributed by atoms with E-state index in [0.29, 0.717) is 31.7 Å². The van der Waals surface area contributed by atoms with Crippen LogP contribution in [0.3, 0.4) is 0 Å². The number of nitrogens with zero attached hydrogens (tertiary/aromatic N) is 4. The number of rotatable bonds is 4. The smallest absolute Gasteiger partial charge is 0.337 e. The number of hydrogen-bond donors (Lipinski definition) is 0. The van der Waals surface area contributed by atoms with E-state index in [0.717, 1.165) is 36.3 Å². The van der Waals surface area contributed by atoms with Crippen molar-refractivity contribution in [2.75, 3.05) is 26.2 Å². The van der Waals surface area contributed by atoms with E-state index in [1.54, 1.807) is 17.1 Å². The lowest BCUT2D eigenvalue weighted by atomic mass is 10.1. The predicted molar refractivity (Wildman–Crippen MR) is 111 cm³/mol. The fraction of sp³-hybridized carbons (Fsp3) is 0.304. The van der Waals surface area contributed by atoms with E-state index < -0.39 is 11.7 Å². The fourth-order valence-corrected chi connectivity index (χ4v) is 3.83. The quantitative estimate of drug-likeness (QED) is 0.624. The lowest BCUT2D eigenvalue weighted by Gasteiger charge is -2.23. The Kier molecular flexibility index (Phi) is 6.08. The first-order valence-electron chi connectivity index (χ1n) is 10.2. The first kappa shape index (κ1) is 21.1. The van der Waals surface area contributed by atoms with Crippen molar-refractivity contribution < 1.29 is 18.0 Å². The number of amides is 1. The van der Waals surface area contributed by atoms with Crippen molar-refractivity contribution in [2.45, 2.75) is 19.1 Å². The number of alkyl halides is 3. The molecule has 0 aliphatic carbocycles. The van der Waals surface area contributed by atoms with Gasteiger partial charge in [-0.15, -0.1) is 0 Å². The molecule has 0 bridgehead atoms. The number of aromatic nitrogens is 2. The van der Waals surface area contributed by atoms with E-state index in [9.17, 15) is 18.0 Å². The molecule has 1 aromatic heterocycles. The van der Waals surface area contributed by atoms with Gasteiger partial charge in [0, 0.05) is 45.1 Å². The molecule has 1 aliphatic heterocycles. The van der Waals surface area contributed by atoms with Gasteiger partial charge in [0.05, 0.1) is 16.8 Å². The zero-order chi connectivity index (χ0) is 21.8. The maximum Gasteiger partial charge on any atom is 0.416 e. The molecular weight excluding hydrogens is 405 g/mol. The van der Waals surface area contributed by atoms with Crippen LogP contribution in [0, 0.1) is 0 Å². The number of para-hydroxylation sites is 1. The van der Waals surface area contributed by atoms with Crippen molar-refractivity contribution in [3.05, 3.63) is 83.7 Å². The lowest BCUT2D eigenvalue weighted by molar-refractivity contribution is -0.137. The van der Waals surface area contributed by atoms with Gasteiger partial charge in [0.15, 0.2) is 0 Å². The van der Waals surface area contributed by atoms with Crippen LogP contribution < -0.4 is 0 Å². The molecule has 0 spiro atoms. The molecule has 1 amide bonds. The Morgan fingerprint density at radius 2 is 1.71 bits per heavy atom. The molecule has 0 radical (unpaired) electrons. The van der Waals surface area contributed by atoms with E-state index in [4.69, 9.17) is 0 Å². The third-order valence-electron chi connectivity index (χ3n) is 5.45. The van der Waals surface area contributed by atoms with E-state index in [1.807, 2.05) is 35.2 Å². The van der Waals surface area contributed by atoms with Gasteiger partial charge in [-0.3, -0.25) is 9.69 Å². The van der Waals surface area contributed by atoms with Crippen LogP contribution in [0.25, 0.3) is 5.69 Å². The second kappa shape index (κ2) is 8.93. The van der Waals surface area contributed by atoms with Crippen LogP contribution in [0.15, 0.2) is 67.0 Å². The van der Waals surface area contributed by atoms with Crippen molar-refractivity contribution in [1.82, 2.24) is 19.6 Å². The van der Waals surface area contributed by atoms with Crippen molar-refractivity contribution >= 4 is 5.91 Å². The SMILES string of the molecule is O=C(c1ccccc1-n1cccn1)N1CCCN(Cc2ccc(C(F)(F)F)cc2)CC1. The van der Waals surface area contributed by atoms with Crippen molar-refractivity contribution in [2.24, 2.45) is 0 Å². The molecule has 1 aliphatic rings. The summed E-state index contributed by atoms with van der Waals surface area (Å²) in [4.78, 5) is 17.2. The molecular formula is C23H23F3N4O. The molecule has 1 saturated heterocycles. The molecule has 162 valence electrons. The second-order valence-electron chi connectivity index (χ2n) is 7.58. The molecule has 31 heavy (non-hydrogen) atoms. The monoisotopic (exact) mass is 428 g/mol. The summed E-state index contributed by atoms with van der Waals surface area (Å²) in [6.45, 7) is 3.20. The summed E-state index contributed by atoms with van der Waals surface area (Å²) >= 11 is 0. The van der Waals surface area contributed by atoms with E-state index in [1.165, 1.54) is 12.1 Å². The minimum Gasteiger partial charge on any atom is -0.337 e. The van der Waals surface area contributed by atoms with Gasteiger partial charge in [0.2, 0.25) is 0 Å². The molecule has 8 heteroatoms. The molecule has 1 fully saturated rings. The van der Waals surface area contributed by atoms with Crippen LogP contribution in [-0.4, -0.2) is 51.7 Å². The standard InChI is InChI=1S/C23H23F3N4O/c24-23(25,26)19-9-7-18(8-10-19)17-28-12-4-13-29(16-15-28)22(31)20-5-1-2-6-21(20)30-14-3-11-27-30/h1-3,5-11,14H,4,12-13,15-17H2. The highest BCUT2D eigenvalue weighted by Crippen LogP contribution is 2.29. The van der Waals surface area contributed by atoms with Gasteiger partial charge < -0.3 is 4.90 Å². The number of hydrogen-bond acceptors (Lipinski definition) is 3. The summed E-state index contributed by atoms with van der Waals surface area (Å²) in [6, 6.07) is 14.5. The summed E-state index contributed by atoms with van der Waals surface area (Å²) in [6.07, 6.45) is -0.0442. The van der Waals surface area contributed by atoms with Crippen LogP contribution >= 0.6 is 0 Å². The highest BCUT2D eigenvalue weighted by Gasteiger charge is 2.30. The number of carbonyl (C=O) groups is 1. The Labute approximate surface area is 178 Å². The molecule has 4 rings (SSSR count). The summed E-state index contributed by atoms with van der Waals surface area (Å²) in [5, 5.41) is 4.24.